The molecule has 60 heavy (non-hydrogen) atoms. The molecule has 0 unspecified atom stereocenters. The molecular formula is C56H38N4. The van der Waals surface area contributed by atoms with Gasteiger partial charge < -0.3 is 9.13 Å². The molecule has 0 spiro atoms. The lowest BCUT2D eigenvalue weighted by Crippen LogP contribution is -2.02. The van der Waals surface area contributed by atoms with Crippen molar-refractivity contribution in [2.24, 2.45) is 0 Å². The van der Waals surface area contributed by atoms with E-state index < -0.39 is 0 Å². The Morgan fingerprint density at radius 3 is 0.900 bits per heavy atom. The average molecular weight is 767 g/mol. The van der Waals surface area contributed by atoms with Crippen molar-refractivity contribution in [3.05, 3.63) is 231 Å². The molecule has 0 saturated carbocycles. The fourth-order valence-electron chi connectivity index (χ4n) is 8.68. The van der Waals surface area contributed by atoms with E-state index in [1.165, 1.54) is 0 Å². The maximum absolute atomic E-state index is 4.95. The van der Waals surface area contributed by atoms with Gasteiger partial charge >= 0.3 is 0 Å². The molecule has 0 aliphatic heterocycles. The topological polar surface area (TPSA) is 35.6 Å². The lowest BCUT2D eigenvalue weighted by Gasteiger charge is -2.20. The number of fused-ring (bicyclic) bond motifs is 2. The van der Waals surface area contributed by atoms with E-state index >= 15 is 0 Å². The van der Waals surface area contributed by atoms with E-state index in [0.717, 1.165) is 100 Å². The number of nitrogens with zero attached hydrogens (tertiary/aromatic N) is 4. The van der Waals surface area contributed by atoms with Gasteiger partial charge in [-0.15, -0.1) is 0 Å². The molecule has 11 aromatic rings. The summed E-state index contributed by atoms with van der Waals surface area (Å²) in [6.07, 6.45) is 3.77. The van der Waals surface area contributed by atoms with E-state index in [1.54, 1.807) is 0 Å². The lowest BCUT2D eigenvalue weighted by atomic mass is 9.93. The Balaban J connectivity index is 1.21. The third-order valence-corrected chi connectivity index (χ3v) is 11.4. The van der Waals surface area contributed by atoms with Crippen molar-refractivity contribution in [2.45, 2.75) is 0 Å². The van der Waals surface area contributed by atoms with Gasteiger partial charge in [0.1, 0.15) is 0 Å². The van der Waals surface area contributed by atoms with Crippen LogP contribution in [-0.2, 0) is 0 Å². The van der Waals surface area contributed by atoms with Crippen LogP contribution in [0.15, 0.2) is 231 Å². The standard InChI is InChI=1S/C56H38N4/c1-5-17-39(18-6-1)53-27-28-54(40-19-7-2-8-20-40)59(53)45-33-43-35-48-44(36-47(43)49(37-45)51-25-13-15-31-57-51)34-46(38-50(48)52-26-14-16-32-58-52)60-55(41-21-9-3-10-22-41)29-30-56(60)42-23-11-4-12-24-42/h1-38H. The predicted molar refractivity (Wildman–Crippen MR) is 248 cm³/mol. The predicted octanol–water partition coefficient (Wildman–Crippen LogP) is 14.4. The highest BCUT2D eigenvalue weighted by Crippen LogP contribution is 2.42. The normalized spacial score (nSPS) is 11.3. The summed E-state index contributed by atoms with van der Waals surface area (Å²) in [5.74, 6) is 0. The Labute approximate surface area is 349 Å². The monoisotopic (exact) mass is 766 g/mol. The van der Waals surface area contributed by atoms with Gasteiger partial charge in [-0.3, -0.25) is 9.97 Å². The van der Waals surface area contributed by atoms with Crippen LogP contribution in [0.25, 0.3) is 100 Å². The van der Waals surface area contributed by atoms with Crippen LogP contribution in [0.2, 0.25) is 0 Å². The molecule has 4 heteroatoms. The summed E-state index contributed by atoms with van der Waals surface area (Å²) in [4.78, 5) is 9.91. The smallest absolute Gasteiger partial charge is 0.0708 e. The Kier molecular flexibility index (Phi) is 8.79. The van der Waals surface area contributed by atoms with Crippen molar-refractivity contribution in [2.75, 3.05) is 0 Å². The first-order valence-electron chi connectivity index (χ1n) is 20.3. The van der Waals surface area contributed by atoms with E-state index in [1.807, 2.05) is 24.5 Å². The van der Waals surface area contributed by atoms with Crippen LogP contribution >= 0.6 is 0 Å². The molecule has 0 saturated heterocycles. The van der Waals surface area contributed by atoms with Gasteiger partial charge in [0.05, 0.1) is 34.2 Å². The van der Waals surface area contributed by atoms with Gasteiger partial charge in [0.25, 0.3) is 0 Å². The fourth-order valence-corrected chi connectivity index (χ4v) is 8.68. The van der Waals surface area contributed by atoms with Crippen molar-refractivity contribution < 1.29 is 0 Å². The maximum Gasteiger partial charge on any atom is 0.0708 e. The number of pyridine rings is 2. The highest BCUT2D eigenvalue weighted by molar-refractivity contribution is 6.10. The van der Waals surface area contributed by atoms with Crippen molar-refractivity contribution >= 4 is 21.5 Å². The molecule has 0 radical (unpaired) electrons. The molecule has 0 aliphatic rings. The largest absolute Gasteiger partial charge is 0.309 e. The van der Waals surface area contributed by atoms with E-state index in [-0.39, 0.29) is 0 Å². The van der Waals surface area contributed by atoms with Crippen LogP contribution in [0.3, 0.4) is 0 Å². The van der Waals surface area contributed by atoms with Crippen LogP contribution < -0.4 is 0 Å². The van der Waals surface area contributed by atoms with E-state index in [9.17, 15) is 0 Å². The first-order valence-corrected chi connectivity index (χ1v) is 20.3. The molecule has 4 nitrogen and oxygen atoms in total. The molecule has 0 aliphatic carbocycles. The molecular weight excluding hydrogens is 729 g/mol. The number of hydrogen-bond donors (Lipinski definition) is 0. The van der Waals surface area contributed by atoms with Gasteiger partial charge in [-0.2, -0.15) is 0 Å². The molecule has 7 aromatic carbocycles. The number of benzene rings is 7. The Bertz CT molecular complexity index is 2930. The second-order valence-electron chi connectivity index (χ2n) is 15.1. The van der Waals surface area contributed by atoms with E-state index in [4.69, 9.17) is 9.97 Å². The summed E-state index contributed by atoms with van der Waals surface area (Å²) < 4.78 is 4.79. The Morgan fingerprint density at radius 1 is 0.283 bits per heavy atom. The van der Waals surface area contributed by atoms with Gasteiger partial charge in [0, 0.05) is 34.9 Å². The van der Waals surface area contributed by atoms with Crippen LogP contribution in [-0.4, -0.2) is 19.1 Å². The number of aromatic nitrogens is 4. The number of hydrogen-bond acceptors (Lipinski definition) is 2. The van der Waals surface area contributed by atoms with Gasteiger partial charge in [0.2, 0.25) is 0 Å². The zero-order valence-electron chi connectivity index (χ0n) is 32.7. The van der Waals surface area contributed by atoms with Gasteiger partial charge in [-0.25, -0.2) is 0 Å². The van der Waals surface area contributed by atoms with Gasteiger partial charge in [0.15, 0.2) is 0 Å². The van der Waals surface area contributed by atoms with Crippen molar-refractivity contribution in [3.63, 3.8) is 0 Å². The molecule has 4 heterocycles. The zero-order chi connectivity index (χ0) is 39.8. The highest BCUT2D eigenvalue weighted by atomic mass is 15.0. The van der Waals surface area contributed by atoms with Crippen LogP contribution in [0.4, 0.5) is 0 Å². The first kappa shape index (κ1) is 35.1. The molecule has 282 valence electrons. The third kappa shape index (κ3) is 6.28. The Morgan fingerprint density at radius 2 is 0.600 bits per heavy atom. The molecule has 0 atom stereocenters. The SMILES string of the molecule is c1ccc(-c2ccc(-c3ccccc3)n2-c2cc(-c3ccccn3)c3cc4cc(-n5c(-c6ccccc6)ccc5-c5ccccc5)cc(-c5ccccn5)c4cc3c2)cc1. The average Bonchev–Trinajstić information content (AvgIpc) is 3.98. The van der Waals surface area contributed by atoms with Crippen LogP contribution in [0.1, 0.15) is 0 Å². The maximum atomic E-state index is 4.95. The second-order valence-corrected chi connectivity index (χ2v) is 15.1. The summed E-state index contributed by atoms with van der Waals surface area (Å²) >= 11 is 0. The van der Waals surface area contributed by atoms with E-state index in [2.05, 4.69) is 215 Å². The molecule has 0 bridgehead atoms. The lowest BCUT2D eigenvalue weighted by molar-refractivity contribution is 1.10. The molecule has 0 amide bonds. The molecule has 0 N–H and O–H groups in total. The Hall–Kier alpha value is -8.08. The summed E-state index contributed by atoms with van der Waals surface area (Å²) in [5.41, 5.74) is 15.2. The zero-order valence-corrected chi connectivity index (χ0v) is 32.7. The summed E-state index contributed by atoms with van der Waals surface area (Å²) in [7, 11) is 0. The minimum absolute atomic E-state index is 0.919. The minimum atomic E-state index is 0.919. The quantitative estimate of drug-likeness (QED) is 0.144. The van der Waals surface area contributed by atoms with Crippen molar-refractivity contribution in [1.29, 1.82) is 0 Å². The van der Waals surface area contributed by atoms with Gasteiger partial charge in [-0.1, -0.05) is 133 Å². The van der Waals surface area contributed by atoms with Crippen LogP contribution in [0, 0.1) is 0 Å². The first-order chi connectivity index (χ1) is 29.8. The summed E-state index contributed by atoms with van der Waals surface area (Å²) in [5, 5.41) is 4.49. The minimum Gasteiger partial charge on any atom is -0.309 e. The summed E-state index contributed by atoms with van der Waals surface area (Å²) in [6.45, 7) is 0. The molecule has 11 rings (SSSR count). The van der Waals surface area contributed by atoms with Crippen molar-refractivity contribution in [1.82, 2.24) is 19.1 Å². The highest BCUT2D eigenvalue weighted by Gasteiger charge is 2.20. The molecule has 4 aromatic heterocycles. The van der Waals surface area contributed by atoms with E-state index in [0.29, 0.717) is 0 Å². The molecule has 0 fully saturated rings. The fraction of sp³-hybridized carbons (Fsp3) is 0. The summed E-state index contributed by atoms with van der Waals surface area (Å²) in [6, 6.07) is 77.9. The van der Waals surface area contributed by atoms with Crippen LogP contribution in [0.5, 0.6) is 0 Å². The van der Waals surface area contributed by atoms with Gasteiger partial charge in [-0.05, 0) is 129 Å². The van der Waals surface area contributed by atoms with Crippen molar-refractivity contribution in [3.8, 4) is 78.9 Å². The number of rotatable bonds is 8. The third-order valence-electron chi connectivity index (χ3n) is 11.4. The second kappa shape index (κ2) is 15.0.